The molecule has 2 aliphatic rings. The molecule has 11 N–H and O–H groups in total. The summed E-state index contributed by atoms with van der Waals surface area (Å²) in [7, 11) is 0. The highest BCUT2D eigenvalue weighted by Gasteiger charge is 2.35. The molecule has 6 amide bonds. The van der Waals surface area contributed by atoms with Gasteiger partial charge in [0.1, 0.15) is 30.2 Å². The third-order valence-electron chi connectivity index (χ3n) is 10.5. The maximum atomic E-state index is 14.1. The van der Waals surface area contributed by atoms with Gasteiger partial charge in [0.25, 0.3) is 0 Å². The lowest BCUT2D eigenvalue weighted by molar-refractivity contribution is -0.136. The van der Waals surface area contributed by atoms with Gasteiger partial charge in [-0.1, -0.05) is 98.3 Å². The second-order valence-corrected chi connectivity index (χ2v) is 16.0. The normalized spacial score (nSPS) is 19.1. The van der Waals surface area contributed by atoms with Gasteiger partial charge in [0.2, 0.25) is 35.4 Å². The Labute approximate surface area is 311 Å². The van der Waals surface area contributed by atoms with E-state index in [0.717, 1.165) is 70.6 Å². The van der Waals surface area contributed by atoms with Crippen molar-refractivity contribution in [2.75, 3.05) is 6.54 Å². The minimum Gasteiger partial charge on any atom is -0.368 e. The lowest BCUT2D eigenvalue weighted by atomic mass is 9.83. The number of primary amides is 1. The Hall–Kier alpha value is -3.26. The lowest BCUT2D eigenvalue weighted by Gasteiger charge is -2.32. The summed E-state index contributed by atoms with van der Waals surface area (Å²) < 4.78 is 0. The fraction of sp³-hybridized carbons (Fsp3) is 0.842. The van der Waals surface area contributed by atoms with Crippen molar-refractivity contribution < 1.29 is 28.8 Å². The van der Waals surface area contributed by atoms with Gasteiger partial charge in [-0.2, -0.15) is 0 Å². The molecule has 0 saturated heterocycles. The molecule has 298 valence electrons. The van der Waals surface area contributed by atoms with Crippen LogP contribution in [-0.2, 0) is 28.8 Å². The molecule has 14 nitrogen and oxygen atoms in total. The quantitative estimate of drug-likeness (QED) is 0.0764. The molecular formula is C38H70N8O6. The van der Waals surface area contributed by atoms with Gasteiger partial charge in [-0.05, 0) is 69.2 Å². The molecule has 0 heterocycles. The summed E-state index contributed by atoms with van der Waals surface area (Å²) in [6.45, 7) is 9.47. The van der Waals surface area contributed by atoms with Crippen LogP contribution in [0.15, 0.2) is 0 Å². The Morgan fingerprint density at radius 2 is 1.06 bits per heavy atom. The van der Waals surface area contributed by atoms with E-state index in [-0.39, 0.29) is 23.7 Å². The van der Waals surface area contributed by atoms with E-state index in [0.29, 0.717) is 38.6 Å². The van der Waals surface area contributed by atoms with Crippen LogP contribution in [0, 0.1) is 23.7 Å². The summed E-state index contributed by atoms with van der Waals surface area (Å²) in [5, 5.41) is 14.1. The van der Waals surface area contributed by atoms with Crippen LogP contribution < -0.4 is 43.8 Å². The van der Waals surface area contributed by atoms with Crippen LogP contribution in [0.1, 0.15) is 137 Å². The molecule has 2 rings (SSSR count). The van der Waals surface area contributed by atoms with Gasteiger partial charge in [-0.15, -0.1) is 0 Å². The van der Waals surface area contributed by atoms with E-state index in [9.17, 15) is 28.8 Å². The molecule has 6 atom stereocenters. The Balaban J connectivity index is 2.27. The van der Waals surface area contributed by atoms with Crippen LogP contribution in [-0.4, -0.2) is 78.2 Å². The van der Waals surface area contributed by atoms with Crippen molar-refractivity contribution in [1.82, 2.24) is 26.6 Å². The molecule has 52 heavy (non-hydrogen) atoms. The zero-order chi connectivity index (χ0) is 38.8. The topological polar surface area (TPSA) is 241 Å². The van der Waals surface area contributed by atoms with E-state index in [2.05, 4.69) is 26.6 Å². The van der Waals surface area contributed by atoms with Crippen molar-refractivity contribution in [3.63, 3.8) is 0 Å². The summed E-state index contributed by atoms with van der Waals surface area (Å²) in [5.41, 5.74) is 17.1. The molecule has 2 fully saturated rings. The predicted molar refractivity (Wildman–Crippen MR) is 202 cm³/mol. The SMILES string of the molecule is CC(C)C[C@@H](NC(=O)[C@H](N)CCCCN)C(=O)N[C@@H](C(=O)N[C@H](CC1CCCCC1)C(=O)N[C@H](CC1CCCCC1)C(=O)N[C@H](C)C(N)=O)C(C)C. The standard InChI is InChI=1S/C38H70N8O6/c1-23(2)20-29(43-34(48)28(40)18-12-13-19-39)37(51)46-32(24(3)4)38(52)45-31(22-27-16-10-7-11-17-27)36(50)44-30(21-26-14-8-6-9-15-26)35(49)42-25(5)33(41)47/h23-32H,6-22,39-40H2,1-5H3,(H2,41,47)(H,42,49)(H,43,48)(H,44,50)(H,45,52)(H,46,51)/t25-,28-,29-,30-,31-,32-/m1/s1. The number of hydrogen-bond acceptors (Lipinski definition) is 8. The molecule has 0 aromatic heterocycles. The second kappa shape index (κ2) is 23.4. The number of hydrogen-bond donors (Lipinski definition) is 8. The van der Waals surface area contributed by atoms with Crippen LogP contribution in [0.4, 0.5) is 0 Å². The molecule has 14 heteroatoms. The van der Waals surface area contributed by atoms with Crippen LogP contribution in [0.25, 0.3) is 0 Å². The van der Waals surface area contributed by atoms with Crippen LogP contribution >= 0.6 is 0 Å². The molecule has 2 saturated carbocycles. The highest BCUT2D eigenvalue weighted by atomic mass is 16.2. The molecule has 0 aromatic carbocycles. The number of nitrogens with two attached hydrogens (primary N) is 3. The van der Waals surface area contributed by atoms with E-state index >= 15 is 0 Å². The highest BCUT2D eigenvalue weighted by Crippen LogP contribution is 2.29. The third-order valence-corrected chi connectivity index (χ3v) is 10.5. The minimum absolute atomic E-state index is 0.0594. The van der Waals surface area contributed by atoms with E-state index < -0.39 is 71.7 Å². The molecule has 2 aliphatic carbocycles. The van der Waals surface area contributed by atoms with Crippen LogP contribution in [0.2, 0.25) is 0 Å². The number of nitrogens with one attached hydrogen (secondary N) is 5. The Bertz CT molecular complexity index is 1150. The minimum atomic E-state index is -1.00. The van der Waals surface area contributed by atoms with Gasteiger partial charge in [-0.25, -0.2) is 0 Å². The fourth-order valence-electron chi connectivity index (χ4n) is 7.30. The van der Waals surface area contributed by atoms with Crippen molar-refractivity contribution in [2.24, 2.45) is 40.9 Å². The van der Waals surface area contributed by atoms with Crippen molar-refractivity contribution in [2.45, 2.75) is 174 Å². The Kier molecular flexibility index (Phi) is 20.2. The van der Waals surface area contributed by atoms with Crippen molar-refractivity contribution in [3.05, 3.63) is 0 Å². The number of amides is 6. The summed E-state index contributed by atoms with van der Waals surface area (Å²) in [5.74, 6) is -2.97. The van der Waals surface area contributed by atoms with Crippen molar-refractivity contribution in [1.29, 1.82) is 0 Å². The van der Waals surface area contributed by atoms with Gasteiger partial charge >= 0.3 is 0 Å². The Morgan fingerprint density at radius 3 is 1.52 bits per heavy atom. The molecule has 0 spiro atoms. The second-order valence-electron chi connectivity index (χ2n) is 16.0. The molecule has 0 unspecified atom stereocenters. The first-order valence-corrected chi connectivity index (χ1v) is 19.9. The predicted octanol–water partition coefficient (Wildman–Crippen LogP) is 2.01. The van der Waals surface area contributed by atoms with E-state index in [1.165, 1.54) is 6.92 Å². The number of unbranched alkanes of at least 4 members (excludes halogenated alkanes) is 1. The number of carbonyl (C=O) groups excluding carboxylic acids is 6. The number of rotatable bonds is 22. The lowest BCUT2D eigenvalue weighted by Crippen LogP contribution is -2.60. The summed E-state index contributed by atoms with van der Waals surface area (Å²) >= 11 is 0. The van der Waals surface area contributed by atoms with E-state index in [1.54, 1.807) is 13.8 Å². The molecular weight excluding hydrogens is 664 g/mol. The maximum Gasteiger partial charge on any atom is 0.243 e. The largest absolute Gasteiger partial charge is 0.368 e. The van der Waals surface area contributed by atoms with Crippen LogP contribution in [0.3, 0.4) is 0 Å². The van der Waals surface area contributed by atoms with E-state index in [1.807, 2.05) is 13.8 Å². The monoisotopic (exact) mass is 735 g/mol. The zero-order valence-corrected chi connectivity index (χ0v) is 32.5. The average Bonchev–Trinajstić information content (AvgIpc) is 3.09. The maximum absolute atomic E-state index is 14.1. The molecule has 0 aromatic rings. The summed E-state index contributed by atoms with van der Waals surface area (Å²) in [4.78, 5) is 79.9. The third kappa shape index (κ3) is 16.2. The van der Waals surface area contributed by atoms with Gasteiger partial charge in [-0.3, -0.25) is 28.8 Å². The average molecular weight is 735 g/mol. The molecule has 0 aliphatic heterocycles. The van der Waals surface area contributed by atoms with Gasteiger partial charge < -0.3 is 43.8 Å². The summed E-state index contributed by atoms with van der Waals surface area (Å²) in [6.07, 6.45) is 13.2. The first-order chi connectivity index (χ1) is 24.6. The Morgan fingerprint density at radius 1 is 0.596 bits per heavy atom. The highest BCUT2D eigenvalue weighted by molar-refractivity contribution is 5.96. The van der Waals surface area contributed by atoms with Gasteiger partial charge in [0.15, 0.2) is 0 Å². The smallest absolute Gasteiger partial charge is 0.243 e. The fourth-order valence-corrected chi connectivity index (χ4v) is 7.30. The van der Waals surface area contributed by atoms with Gasteiger partial charge in [0, 0.05) is 0 Å². The van der Waals surface area contributed by atoms with Crippen LogP contribution in [0.5, 0.6) is 0 Å². The van der Waals surface area contributed by atoms with Crippen molar-refractivity contribution >= 4 is 35.4 Å². The summed E-state index contributed by atoms with van der Waals surface area (Å²) in [6, 6.07) is -5.49. The van der Waals surface area contributed by atoms with Gasteiger partial charge in [0.05, 0.1) is 6.04 Å². The molecule has 0 radical (unpaired) electrons. The first-order valence-electron chi connectivity index (χ1n) is 19.9. The molecule has 0 bridgehead atoms. The first kappa shape index (κ1) is 44.9. The van der Waals surface area contributed by atoms with Crippen molar-refractivity contribution in [3.8, 4) is 0 Å². The zero-order valence-electron chi connectivity index (χ0n) is 32.5. The van der Waals surface area contributed by atoms with E-state index in [4.69, 9.17) is 17.2 Å². The number of carbonyl (C=O) groups is 6.